The van der Waals surface area contributed by atoms with E-state index in [4.69, 9.17) is 0 Å². The fourth-order valence-electron chi connectivity index (χ4n) is 2.55. The van der Waals surface area contributed by atoms with Crippen molar-refractivity contribution in [1.29, 1.82) is 0 Å². The maximum Gasteiger partial charge on any atom is 0.257 e. The van der Waals surface area contributed by atoms with Gasteiger partial charge in [0, 0.05) is 18.7 Å². The summed E-state index contributed by atoms with van der Waals surface area (Å²) in [6.45, 7) is 4.87. The number of benzene rings is 1. The Labute approximate surface area is 106 Å². The van der Waals surface area contributed by atoms with Gasteiger partial charge in [-0.05, 0) is 37.8 Å². The fourth-order valence-corrected chi connectivity index (χ4v) is 2.55. The van der Waals surface area contributed by atoms with Crippen molar-refractivity contribution in [3.05, 3.63) is 29.6 Å². The summed E-state index contributed by atoms with van der Waals surface area (Å²) in [5.74, 6) is -0.423. The Hall–Kier alpha value is -1.58. The van der Waals surface area contributed by atoms with Crippen molar-refractivity contribution in [2.45, 2.75) is 32.7 Å². The summed E-state index contributed by atoms with van der Waals surface area (Å²) in [4.78, 5) is 14.0. The first kappa shape index (κ1) is 12.9. The topological polar surface area (TPSA) is 40.5 Å². The predicted octanol–water partition coefficient (Wildman–Crippen LogP) is 2.79. The van der Waals surface area contributed by atoms with Crippen molar-refractivity contribution in [2.75, 3.05) is 6.54 Å². The number of phenolic OH excluding ortho intramolecular Hbond substituents is 1. The number of rotatable bonds is 1. The number of hydrogen-bond acceptors (Lipinski definition) is 2. The number of nitrogens with zero attached hydrogens (tertiary/aromatic N) is 1. The molecular weight excluding hydrogens is 233 g/mol. The Kier molecular flexibility index (Phi) is 3.55. The molecule has 1 aliphatic heterocycles. The normalized spacial score (nSPS) is 24.1. The first-order valence-electron chi connectivity index (χ1n) is 6.28. The van der Waals surface area contributed by atoms with E-state index in [2.05, 4.69) is 6.92 Å². The summed E-state index contributed by atoms with van der Waals surface area (Å²) < 4.78 is 12.9. The van der Waals surface area contributed by atoms with Gasteiger partial charge < -0.3 is 10.0 Å². The predicted molar refractivity (Wildman–Crippen MR) is 67.0 cm³/mol. The van der Waals surface area contributed by atoms with Crippen LogP contribution in [0.3, 0.4) is 0 Å². The van der Waals surface area contributed by atoms with Crippen molar-refractivity contribution in [3.63, 3.8) is 0 Å². The van der Waals surface area contributed by atoms with E-state index in [0.717, 1.165) is 18.9 Å². The Morgan fingerprint density at radius 1 is 1.44 bits per heavy atom. The van der Waals surface area contributed by atoms with Crippen molar-refractivity contribution >= 4 is 5.91 Å². The van der Waals surface area contributed by atoms with Crippen LogP contribution >= 0.6 is 0 Å². The summed E-state index contributed by atoms with van der Waals surface area (Å²) in [7, 11) is 0. The molecule has 1 N–H and O–H groups in total. The van der Waals surface area contributed by atoms with E-state index in [1.54, 1.807) is 4.90 Å². The molecule has 18 heavy (non-hydrogen) atoms. The molecule has 1 amide bonds. The van der Waals surface area contributed by atoms with Gasteiger partial charge in [-0.25, -0.2) is 4.39 Å². The zero-order valence-electron chi connectivity index (χ0n) is 10.7. The Balaban J connectivity index is 2.20. The second-order valence-electron chi connectivity index (χ2n) is 5.14. The van der Waals surface area contributed by atoms with Gasteiger partial charge in [-0.1, -0.05) is 6.92 Å². The van der Waals surface area contributed by atoms with Gasteiger partial charge in [0.15, 0.2) is 0 Å². The molecule has 0 saturated carbocycles. The van der Waals surface area contributed by atoms with Crippen LogP contribution in [-0.4, -0.2) is 28.5 Å². The second-order valence-corrected chi connectivity index (χ2v) is 5.14. The van der Waals surface area contributed by atoms with Gasteiger partial charge in [0.25, 0.3) is 5.91 Å². The van der Waals surface area contributed by atoms with Crippen molar-refractivity contribution in [3.8, 4) is 5.75 Å². The number of amides is 1. The largest absolute Gasteiger partial charge is 0.507 e. The molecule has 0 bridgehead atoms. The Bertz CT molecular complexity index is 461. The molecule has 0 spiro atoms. The number of aromatic hydroxyl groups is 1. The van der Waals surface area contributed by atoms with E-state index in [9.17, 15) is 14.3 Å². The molecule has 0 aliphatic carbocycles. The van der Waals surface area contributed by atoms with E-state index < -0.39 is 5.82 Å². The lowest BCUT2D eigenvalue weighted by Crippen LogP contribution is -2.44. The standard InChI is InChI=1S/C14H18FNO2/c1-9-5-6-16(10(2)7-9)14(18)12-4-3-11(15)8-13(12)17/h3-4,8-10,17H,5-7H2,1-2H3. The highest BCUT2D eigenvalue weighted by molar-refractivity contribution is 5.97. The summed E-state index contributed by atoms with van der Waals surface area (Å²) in [6.07, 6.45) is 1.94. The third kappa shape index (κ3) is 2.47. The minimum absolute atomic E-state index is 0.158. The number of phenols is 1. The number of halogens is 1. The zero-order chi connectivity index (χ0) is 13.3. The fraction of sp³-hybridized carbons (Fsp3) is 0.500. The van der Waals surface area contributed by atoms with Crippen molar-refractivity contribution < 1.29 is 14.3 Å². The molecule has 1 aromatic carbocycles. The molecule has 0 aromatic heterocycles. The monoisotopic (exact) mass is 251 g/mol. The van der Waals surface area contributed by atoms with Crippen LogP contribution < -0.4 is 0 Å². The van der Waals surface area contributed by atoms with Crippen LogP contribution in [0.25, 0.3) is 0 Å². The summed E-state index contributed by atoms with van der Waals surface area (Å²) in [6, 6.07) is 3.68. The molecule has 2 rings (SSSR count). The van der Waals surface area contributed by atoms with E-state index in [0.29, 0.717) is 12.5 Å². The summed E-state index contributed by atoms with van der Waals surface area (Å²) in [5, 5.41) is 9.64. The molecule has 0 radical (unpaired) electrons. The molecule has 3 nitrogen and oxygen atoms in total. The van der Waals surface area contributed by atoms with Crippen LogP contribution in [0.4, 0.5) is 4.39 Å². The van der Waals surface area contributed by atoms with Crippen LogP contribution in [0.2, 0.25) is 0 Å². The van der Waals surface area contributed by atoms with E-state index in [1.807, 2.05) is 6.92 Å². The molecule has 1 saturated heterocycles. The number of piperidine rings is 1. The van der Waals surface area contributed by atoms with Crippen LogP contribution in [0.5, 0.6) is 5.75 Å². The minimum atomic E-state index is -0.538. The highest BCUT2D eigenvalue weighted by Crippen LogP contribution is 2.26. The first-order valence-corrected chi connectivity index (χ1v) is 6.28. The number of likely N-dealkylation sites (tertiary alicyclic amines) is 1. The molecule has 2 unspecified atom stereocenters. The quantitative estimate of drug-likeness (QED) is 0.833. The SMILES string of the molecule is CC1CCN(C(=O)c2ccc(F)cc2O)C(C)C1. The molecular formula is C14H18FNO2. The summed E-state index contributed by atoms with van der Waals surface area (Å²) in [5.41, 5.74) is 0.179. The number of carbonyl (C=O) groups excluding carboxylic acids is 1. The third-order valence-electron chi connectivity index (χ3n) is 3.59. The maximum absolute atomic E-state index is 12.9. The van der Waals surface area contributed by atoms with Gasteiger partial charge >= 0.3 is 0 Å². The van der Waals surface area contributed by atoms with Crippen LogP contribution in [0.15, 0.2) is 18.2 Å². The van der Waals surface area contributed by atoms with Crippen LogP contribution in [0, 0.1) is 11.7 Å². The average molecular weight is 251 g/mol. The van der Waals surface area contributed by atoms with Gasteiger partial charge in [0.2, 0.25) is 0 Å². The first-order chi connectivity index (χ1) is 8.49. The second kappa shape index (κ2) is 4.96. The van der Waals surface area contributed by atoms with Gasteiger partial charge in [0.05, 0.1) is 5.56 Å². The number of carbonyl (C=O) groups is 1. The van der Waals surface area contributed by atoms with Crippen LogP contribution in [0.1, 0.15) is 37.0 Å². The average Bonchev–Trinajstić information content (AvgIpc) is 2.28. The van der Waals surface area contributed by atoms with E-state index in [1.165, 1.54) is 12.1 Å². The van der Waals surface area contributed by atoms with Gasteiger partial charge in [-0.2, -0.15) is 0 Å². The van der Waals surface area contributed by atoms with Gasteiger partial charge in [0.1, 0.15) is 11.6 Å². The molecule has 4 heteroatoms. The number of hydrogen-bond donors (Lipinski definition) is 1. The lowest BCUT2D eigenvalue weighted by molar-refractivity contribution is 0.0585. The molecule has 98 valence electrons. The maximum atomic E-state index is 12.9. The Morgan fingerprint density at radius 2 is 2.17 bits per heavy atom. The molecule has 1 heterocycles. The Morgan fingerprint density at radius 3 is 2.78 bits per heavy atom. The van der Waals surface area contributed by atoms with Crippen molar-refractivity contribution in [1.82, 2.24) is 4.90 Å². The van der Waals surface area contributed by atoms with E-state index >= 15 is 0 Å². The van der Waals surface area contributed by atoms with Gasteiger partial charge in [-0.3, -0.25) is 4.79 Å². The lowest BCUT2D eigenvalue weighted by Gasteiger charge is -2.36. The van der Waals surface area contributed by atoms with E-state index in [-0.39, 0.29) is 23.3 Å². The lowest BCUT2D eigenvalue weighted by atomic mass is 9.93. The van der Waals surface area contributed by atoms with Gasteiger partial charge in [-0.15, -0.1) is 0 Å². The summed E-state index contributed by atoms with van der Waals surface area (Å²) >= 11 is 0. The molecule has 2 atom stereocenters. The smallest absolute Gasteiger partial charge is 0.257 e. The molecule has 1 aliphatic rings. The minimum Gasteiger partial charge on any atom is -0.507 e. The van der Waals surface area contributed by atoms with Crippen molar-refractivity contribution in [2.24, 2.45) is 5.92 Å². The van der Waals surface area contributed by atoms with Crippen LogP contribution in [-0.2, 0) is 0 Å². The molecule has 1 fully saturated rings. The highest BCUT2D eigenvalue weighted by Gasteiger charge is 2.28. The third-order valence-corrected chi connectivity index (χ3v) is 3.59. The molecule has 1 aromatic rings. The highest BCUT2D eigenvalue weighted by atomic mass is 19.1. The zero-order valence-corrected chi connectivity index (χ0v) is 10.7.